The molecule has 196 valence electrons. The van der Waals surface area contributed by atoms with Crippen LogP contribution in [-0.2, 0) is 33.7 Å². The van der Waals surface area contributed by atoms with Crippen LogP contribution in [0.25, 0.3) is 0 Å². The Kier molecular flexibility index (Phi) is 6.82. The maximum atomic E-state index is 13.2. The first-order valence-corrected chi connectivity index (χ1v) is 13.2. The zero-order chi connectivity index (χ0) is 26.1. The number of aliphatic hydroxyl groups is 1. The minimum atomic E-state index is -0.522. The van der Waals surface area contributed by atoms with E-state index in [1.807, 2.05) is 47.4 Å². The summed E-state index contributed by atoms with van der Waals surface area (Å²) in [5, 5.41) is 13.1. The van der Waals surface area contributed by atoms with Crippen LogP contribution in [0.15, 0.2) is 67.0 Å². The molecule has 0 aliphatic carbocycles. The molecule has 0 unspecified atom stereocenters. The maximum Gasteiger partial charge on any atom is 0.228 e. The number of nitrogens with one attached hydrogen (secondary N) is 1. The van der Waals surface area contributed by atoms with E-state index in [4.69, 9.17) is 9.47 Å². The zero-order valence-electron chi connectivity index (χ0n) is 21.1. The lowest BCUT2D eigenvalue weighted by Crippen LogP contribution is -2.48. The van der Waals surface area contributed by atoms with Gasteiger partial charge in [-0.1, -0.05) is 24.3 Å². The largest absolute Gasteiger partial charge is 0.487 e. The van der Waals surface area contributed by atoms with Crippen molar-refractivity contribution in [2.75, 3.05) is 18.5 Å². The lowest BCUT2D eigenvalue weighted by molar-refractivity contribution is -0.149. The Morgan fingerprint density at radius 3 is 2.71 bits per heavy atom. The molecule has 0 radical (unpaired) electrons. The predicted molar refractivity (Wildman–Crippen MR) is 141 cm³/mol. The molecule has 3 aliphatic heterocycles. The van der Waals surface area contributed by atoms with Crippen LogP contribution in [0.5, 0.6) is 5.75 Å². The van der Waals surface area contributed by atoms with Gasteiger partial charge in [0.2, 0.25) is 11.8 Å². The number of fused-ring (bicyclic) bond motifs is 4. The number of aliphatic hydroxyl groups excluding tert-OH is 1. The molecule has 4 heterocycles. The third-order valence-electron chi connectivity index (χ3n) is 7.78. The molecule has 2 aromatic carbocycles. The van der Waals surface area contributed by atoms with E-state index in [1.165, 1.54) is 11.1 Å². The van der Waals surface area contributed by atoms with Crippen molar-refractivity contribution in [2.45, 2.75) is 56.5 Å². The highest BCUT2D eigenvalue weighted by Gasteiger charge is 2.46. The van der Waals surface area contributed by atoms with Crippen molar-refractivity contribution in [1.29, 1.82) is 0 Å². The van der Waals surface area contributed by atoms with Crippen LogP contribution >= 0.6 is 0 Å². The van der Waals surface area contributed by atoms with Crippen LogP contribution in [0.4, 0.5) is 5.69 Å². The van der Waals surface area contributed by atoms with Crippen LogP contribution in [0.2, 0.25) is 0 Å². The predicted octanol–water partition coefficient (Wildman–Crippen LogP) is 3.23. The van der Waals surface area contributed by atoms with E-state index >= 15 is 0 Å². The van der Waals surface area contributed by atoms with Crippen molar-refractivity contribution in [3.63, 3.8) is 0 Å². The molecule has 8 heteroatoms. The number of ether oxygens (including phenoxy) is 2. The van der Waals surface area contributed by atoms with Gasteiger partial charge in [-0.15, -0.1) is 0 Å². The fourth-order valence-electron chi connectivity index (χ4n) is 5.89. The summed E-state index contributed by atoms with van der Waals surface area (Å²) in [6.07, 6.45) is 4.15. The normalized spacial score (nSPS) is 23.6. The summed E-state index contributed by atoms with van der Waals surface area (Å²) < 4.78 is 12.4. The summed E-state index contributed by atoms with van der Waals surface area (Å²) in [6, 6.07) is 17.5. The molecular formula is C30H31N3O5. The molecule has 1 aromatic heterocycles. The minimum absolute atomic E-state index is 0.0344. The van der Waals surface area contributed by atoms with Gasteiger partial charge >= 0.3 is 0 Å². The Labute approximate surface area is 221 Å². The van der Waals surface area contributed by atoms with Crippen LogP contribution in [0, 0.1) is 0 Å². The van der Waals surface area contributed by atoms with Gasteiger partial charge in [-0.25, -0.2) is 0 Å². The van der Waals surface area contributed by atoms with Crippen LogP contribution in [0.1, 0.15) is 41.0 Å². The average Bonchev–Trinajstić information content (AvgIpc) is 3.30. The Morgan fingerprint density at radius 2 is 1.89 bits per heavy atom. The monoisotopic (exact) mass is 513 g/mol. The molecule has 2 amide bonds. The third kappa shape index (κ3) is 5.01. The molecule has 4 atom stereocenters. The number of aromatic nitrogens is 1. The van der Waals surface area contributed by atoms with Gasteiger partial charge in [0.1, 0.15) is 18.0 Å². The van der Waals surface area contributed by atoms with Crippen molar-refractivity contribution in [3.05, 3.63) is 89.2 Å². The number of benzene rings is 2. The SMILES string of the molecule is O=C(Cc1ccncc1)Nc1ccc2c(c1)[C@@H]1C[C@@H](CC(=O)N3CCc4ccccc4C3)O[C@H](CO)[C@@H]1O2. The van der Waals surface area contributed by atoms with E-state index in [2.05, 4.69) is 22.4 Å². The van der Waals surface area contributed by atoms with Gasteiger partial charge < -0.3 is 24.8 Å². The summed E-state index contributed by atoms with van der Waals surface area (Å²) in [5.74, 6) is 0.649. The summed E-state index contributed by atoms with van der Waals surface area (Å²) in [6.45, 7) is 1.13. The molecule has 0 bridgehead atoms. The first kappa shape index (κ1) is 24.6. The number of anilines is 1. The van der Waals surface area contributed by atoms with Crippen LogP contribution in [-0.4, -0.2) is 58.3 Å². The molecule has 3 aliphatic rings. The summed E-state index contributed by atoms with van der Waals surface area (Å²) in [4.78, 5) is 31.7. The quantitative estimate of drug-likeness (QED) is 0.525. The number of nitrogens with zero attached hydrogens (tertiary/aromatic N) is 2. The fourth-order valence-corrected chi connectivity index (χ4v) is 5.89. The molecule has 0 saturated carbocycles. The second-order valence-corrected chi connectivity index (χ2v) is 10.3. The number of pyridine rings is 1. The molecular weight excluding hydrogens is 482 g/mol. The first-order chi connectivity index (χ1) is 18.6. The van der Waals surface area contributed by atoms with Gasteiger partial charge in [0.25, 0.3) is 0 Å². The number of carbonyl (C=O) groups is 2. The average molecular weight is 514 g/mol. The molecule has 8 nitrogen and oxygen atoms in total. The second kappa shape index (κ2) is 10.6. The van der Waals surface area contributed by atoms with E-state index in [0.717, 1.165) is 23.3 Å². The molecule has 0 spiro atoms. The summed E-state index contributed by atoms with van der Waals surface area (Å²) >= 11 is 0. The Morgan fingerprint density at radius 1 is 1.08 bits per heavy atom. The fraction of sp³-hybridized carbons (Fsp3) is 0.367. The Balaban J connectivity index is 1.14. The molecule has 3 aromatic rings. The van der Waals surface area contributed by atoms with E-state index in [9.17, 15) is 14.7 Å². The molecule has 2 N–H and O–H groups in total. The molecule has 6 rings (SSSR count). The molecule has 38 heavy (non-hydrogen) atoms. The lowest BCUT2D eigenvalue weighted by atomic mass is 9.84. The number of amides is 2. The standard InChI is InChI=1S/C30H31N3O5/c34-18-27-30-25(15-23(37-27)16-29(36)33-12-9-20-3-1-2-4-21(20)17-33)24-14-22(5-6-26(24)38-30)32-28(35)13-19-7-10-31-11-8-19/h1-8,10-11,14,23,25,27,30,34H,9,12-13,15-18H2,(H,32,35)/t23-,25-,27+,30+/m0/s1. The lowest BCUT2D eigenvalue weighted by Gasteiger charge is -2.38. The van der Waals surface area contributed by atoms with Crippen molar-refractivity contribution in [3.8, 4) is 5.75 Å². The highest BCUT2D eigenvalue weighted by Crippen LogP contribution is 2.47. The van der Waals surface area contributed by atoms with E-state index < -0.39 is 6.10 Å². The van der Waals surface area contributed by atoms with Gasteiger partial charge in [0.15, 0.2) is 0 Å². The van der Waals surface area contributed by atoms with Crippen molar-refractivity contribution in [1.82, 2.24) is 9.88 Å². The molecule has 1 fully saturated rings. The first-order valence-electron chi connectivity index (χ1n) is 13.2. The zero-order valence-corrected chi connectivity index (χ0v) is 21.1. The van der Waals surface area contributed by atoms with Crippen molar-refractivity contribution >= 4 is 17.5 Å². The van der Waals surface area contributed by atoms with Crippen molar-refractivity contribution < 1.29 is 24.2 Å². The topological polar surface area (TPSA) is 101 Å². The van der Waals surface area contributed by atoms with Gasteiger partial charge in [0, 0.05) is 42.7 Å². The number of hydrogen-bond acceptors (Lipinski definition) is 6. The van der Waals surface area contributed by atoms with Gasteiger partial charge in [-0.05, 0) is 59.9 Å². The van der Waals surface area contributed by atoms with E-state index in [-0.39, 0.29) is 49.4 Å². The highest BCUT2D eigenvalue weighted by molar-refractivity contribution is 5.92. The van der Waals surface area contributed by atoms with Gasteiger partial charge in [-0.3, -0.25) is 14.6 Å². The molecule has 1 saturated heterocycles. The number of carbonyl (C=O) groups excluding carboxylic acids is 2. The van der Waals surface area contributed by atoms with Gasteiger partial charge in [0.05, 0.1) is 25.6 Å². The maximum absolute atomic E-state index is 13.2. The Bertz CT molecular complexity index is 1330. The summed E-state index contributed by atoms with van der Waals surface area (Å²) in [7, 11) is 0. The van der Waals surface area contributed by atoms with Crippen LogP contribution in [0.3, 0.4) is 0 Å². The highest BCUT2D eigenvalue weighted by atomic mass is 16.6. The van der Waals surface area contributed by atoms with Crippen LogP contribution < -0.4 is 10.1 Å². The summed E-state index contributed by atoms with van der Waals surface area (Å²) in [5.41, 5.74) is 5.06. The minimum Gasteiger partial charge on any atom is -0.487 e. The van der Waals surface area contributed by atoms with E-state index in [1.54, 1.807) is 12.4 Å². The number of hydrogen-bond donors (Lipinski definition) is 2. The third-order valence-corrected chi connectivity index (χ3v) is 7.78. The number of rotatable bonds is 6. The second-order valence-electron chi connectivity index (χ2n) is 10.3. The Hall–Kier alpha value is -3.75. The smallest absolute Gasteiger partial charge is 0.228 e. The van der Waals surface area contributed by atoms with E-state index in [0.29, 0.717) is 25.2 Å². The van der Waals surface area contributed by atoms with Crippen molar-refractivity contribution in [2.24, 2.45) is 0 Å². The van der Waals surface area contributed by atoms with Gasteiger partial charge in [-0.2, -0.15) is 0 Å².